The van der Waals surface area contributed by atoms with Crippen LogP contribution in [0.3, 0.4) is 0 Å². The molecule has 0 amide bonds. The maximum absolute atomic E-state index is 6.14. The zero-order valence-electron chi connectivity index (χ0n) is 12.1. The Morgan fingerprint density at radius 3 is 1.84 bits per heavy atom. The van der Waals surface area contributed by atoms with Crippen LogP contribution in [0.25, 0.3) is 0 Å². The van der Waals surface area contributed by atoms with Gasteiger partial charge in [0.1, 0.15) is 11.5 Å². The molecule has 2 aromatic rings. The number of hydrogen-bond donors (Lipinski definition) is 0. The normalized spacial score (nSPS) is 11.1. The number of hydrogen-bond acceptors (Lipinski definition) is 1. The van der Waals surface area contributed by atoms with Crippen molar-refractivity contribution in [2.45, 2.75) is 39.5 Å². The average molecular weight is 253 g/mol. The van der Waals surface area contributed by atoms with E-state index in [4.69, 9.17) is 4.74 Å². The monoisotopic (exact) mass is 253 g/mol. The molecule has 99 valence electrons. The summed E-state index contributed by atoms with van der Waals surface area (Å²) in [4.78, 5) is 0. The Morgan fingerprint density at radius 1 is 0.842 bits per heavy atom. The van der Waals surface area contributed by atoms with E-state index in [1.54, 1.807) is 0 Å². The number of rotatable bonds is 4. The minimum absolute atomic E-state index is 0.448. The Morgan fingerprint density at radius 2 is 1.37 bits per heavy atom. The molecule has 0 spiro atoms. The predicted molar refractivity (Wildman–Crippen MR) is 80.0 cm³/mol. The van der Waals surface area contributed by atoms with Crippen molar-refractivity contribution in [1.82, 2.24) is 0 Å². The van der Waals surface area contributed by atoms with Gasteiger partial charge in [-0.1, -0.05) is 58.0 Å². The second kappa shape index (κ2) is 5.92. The molecule has 0 saturated carbocycles. The second-order valence-corrected chi connectivity index (χ2v) is 5.41. The maximum atomic E-state index is 6.14. The van der Waals surface area contributed by atoms with Gasteiger partial charge in [-0.2, -0.15) is 0 Å². The van der Waals surface area contributed by atoms with Crippen molar-refractivity contribution in [3.63, 3.8) is 0 Å². The Hall–Kier alpha value is -1.76. The fourth-order valence-corrected chi connectivity index (χ4v) is 2.16. The van der Waals surface area contributed by atoms with Gasteiger partial charge in [0.15, 0.2) is 0 Å². The van der Waals surface area contributed by atoms with Crippen molar-refractivity contribution in [3.05, 3.63) is 59.7 Å². The van der Waals surface area contributed by atoms with Crippen LogP contribution in [0.1, 0.15) is 50.7 Å². The van der Waals surface area contributed by atoms with E-state index in [1.165, 1.54) is 11.1 Å². The van der Waals surface area contributed by atoms with Crippen molar-refractivity contribution in [1.29, 1.82) is 0 Å². The first-order chi connectivity index (χ1) is 9.09. The van der Waals surface area contributed by atoms with Gasteiger partial charge in [-0.05, 0) is 41.2 Å². The second-order valence-electron chi connectivity index (χ2n) is 5.41. The molecular formula is C18H21O. The SMILES string of the molecule is CC(C)c1cccc(C(C)C)c1Oc1cc[c]cc1. The molecule has 1 radical (unpaired) electrons. The van der Waals surface area contributed by atoms with E-state index in [0.717, 1.165) is 11.5 Å². The number of para-hydroxylation sites is 1. The van der Waals surface area contributed by atoms with Gasteiger partial charge in [-0.15, -0.1) is 0 Å². The smallest absolute Gasteiger partial charge is 0.134 e. The molecule has 0 bridgehead atoms. The molecule has 2 aromatic carbocycles. The fourth-order valence-electron chi connectivity index (χ4n) is 2.16. The molecule has 0 N–H and O–H groups in total. The third kappa shape index (κ3) is 3.17. The van der Waals surface area contributed by atoms with Crippen LogP contribution < -0.4 is 4.74 Å². The molecule has 0 aliphatic heterocycles. The summed E-state index contributed by atoms with van der Waals surface area (Å²) in [5.41, 5.74) is 2.53. The first-order valence-electron chi connectivity index (χ1n) is 6.86. The molecule has 2 rings (SSSR count). The maximum Gasteiger partial charge on any atom is 0.134 e. The Kier molecular flexibility index (Phi) is 4.26. The standard InChI is InChI=1S/C18H21O/c1-13(2)16-11-8-12-17(14(3)4)18(16)19-15-9-6-5-7-10-15/h6-14H,1-4H3. The van der Waals surface area contributed by atoms with Gasteiger partial charge in [0.25, 0.3) is 0 Å². The highest BCUT2D eigenvalue weighted by Crippen LogP contribution is 2.37. The fraction of sp³-hybridized carbons (Fsp3) is 0.333. The van der Waals surface area contributed by atoms with E-state index in [2.05, 4.69) is 52.0 Å². The first kappa shape index (κ1) is 13.7. The van der Waals surface area contributed by atoms with E-state index in [9.17, 15) is 0 Å². The highest BCUT2D eigenvalue weighted by atomic mass is 16.5. The van der Waals surface area contributed by atoms with E-state index in [0.29, 0.717) is 11.8 Å². The molecule has 0 heterocycles. The summed E-state index contributed by atoms with van der Waals surface area (Å²) in [5, 5.41) is 0. The van der Waals surface area contributed by atoms with Crippen LogP contribution in [0.4, 0.5) is 0 Å². The largest absolute Gasteiger partial charge is 0.457 e. The third-order valence-electron chi connectivity index (χ3n) is 3.23. The predicted octanol–water partition coefficient (Wildman–Crippen LogP) is 5.53. The molecule has 0 fully saturated rings. The third-order valence-corrected chi connectivity index (χ3v) is 3.23. The van der Waals surface area contributed by atoms with Gasteiger partial charge in [0.05, 0.1) is 0 Å². The molecular weight excluding hydrogens is 232 g/mol. The summed E-state index contributed by atoms with van der Waals surface area (Å²) >= 11 is 0. The first-order valence-corrected chi connectivity index (χ1v) is 6.86. The summed E-state index contributed by atoms with van der Waals surface area (Å²) < 4.78 is 6.14. The minimum atomic E-state index is 0.448. The van der Waals surface area contributed by atoms with Gasteiger partial charge < -0.3 is 4.74 Å². The van der Waals surface area contributed by atoms with Gasteiger partial charge >= 0.3 is 0 Å². The van der Waals surface area contributed by atoms with Gasteiger partial charge in [-0.25, -0.2) is 0 Å². The summed E-state index contributed by atoms with van der Waals surface area (Å²) in [6.07, 6.45) is 0. The summed E-state index contributed by atoms with van der Waals surface area (Å²) in [6.45, 7) is 8.80. The van der Waals surface area contributed by atoms with Gasteiger partial charge in [-0.3, -0.25) is 0 Å². The molecule has 0 aromatic heterocycles. The van der Waals surface area contributed by atoms with E-state index in [1.807, 2.05) is 24.3 Å². The highest BCUT2D eigenvalue weighted by Gasteiger charge is 2.15. The Labute approximate surface area is 116 Å². The van der Waals surface area contributed by atoms with E-state index in [-0.39, 0.29) is 0 Å². The minimum Gasteiger partial charge on any atom is -0.457 e. The quantitative estimate of drug-likeness (QED) is 0.696. The molecule has 0 unspecified atom stereocenters. The molecule has 1 nitrogen and oxygen atoms in total. The van der Waals surface area contributed by atoms with E-state index >= 15 is 0 Å². The lowest BCUT2D eigenvalue weighted by Crippen LogP contribution is -2.00. The van der Waals surface area contributed by atoms with Crippen molar-refractivity contribution in [3.8, 4) is 11.5 Å². The molecule has 0 aliphatic rings. The number of benzene rings is 2. The molecule has 19 heavy (non-hydrogen) atoms. The molecule has 0 aliphatic carbocycles. The summed E-state index contributed by atoms with van der Waals surface area (Å²) in [5.74, 6) is 2.78. The lowest BCUT2D eigenvalue weighted by molar-refractivity contribution is 0.463. The lowest BCUT2D eigenvalue weighted by atomic mass is 9.94. The van der Waals surface area contributed by atoms with Crippen molar-refractivity contribution in [2.75, 3.05) is 0 Å². The average Bonchev–Trinajstić information content (AvgIpc) is 2.39. The zero-order valence-corrected chi connectivity index (χ0v) is 12.1. The topological polar surface area (TPSA) is 9.23 Å². The Bertz CT molecular complexity index is 500. The van der Waals surface area contributed by atoms with Crippen LogP contribution in [0.5, 0.6) is 11.5 Å². The van der Waals surface area contributed by atoms with Crippen molar-refractivity contribution >= 4 is 0 Å². The van der Waals surface area contributed by atoms with Crippen LogP contribution >= 0.6 is 0 Å². The molecule has 0 atom stereocenters. The van der Waals surface area contributed by atoms with Crippen molar-refractivity contribution in [2.24, 2.45) is 0 Å². The highest BCUT2D eigenvalue weighted by molar-refractivity contribution is 5.47. The van der Waals surface area contributed by atoms with Crippen LogP contribution in [-0.4, -0.2) is 0 Å². The van der Waals surface area contributed by atoms with Crippen LogP contribution in [0.2, 0.25) is 0 Å². The van der Waals surface area contributed by atoms with Gasteiger partial charge in [0, 0.05) is 0 Å². The number of ether oxygens (including phenoxy) is 1. The van der Waals surface area contributed by atoms with E-state index < -0.39 is 0 Å². The van der Waals surface area contributed by atoms with Crippen LogP contribution in [0.15, 0.2) is 42.5 Å². The van der Waals surface area contributed by atoms with Crippen LogP contribution in [0, 0.1) is 6.07 Å². The summed E-state index contributed by atoms with van der Waals surface area (Å²) in [6, 6.07) is 17.1. The van der Waals surface area contributed by atoms with Crippen molar-refractivity contribution < 1.29 is 4.74 Å². The molecule has 0 saturated heterocycles. The van der Waals surface area contributed by atoms with Gasteiger partial charge in [0.2, 0.25) is 0 Å². The lowest BCUT2D eigenvalue weighted by Gasteiger charge is -2.19. The van der Waals surface area contributed by atoms with Crippen LogP contribution in [-0.2, 0) is 0 Å². The molecule has 1 heteroatoms. The Balaban J connectivity index is 2.46. The summed E-state index contributed by atoms with van der Waals surface area (Å²) in [7, 11) is 0. The zero-order chi connectivity index (χ0) is 13.8.